The zero-order valence-electron chi connectivity index (χ0n) is 15.4. The van der Waals surface area contributed by atoms with Crippen molar-refractivity contribution in [2.75, 3.05) is 6.61 Å². The van der Waals surface area contributed by atoms with Gasteiger partial charge in [-0.2, -0.15) is 0 Å². The second-order valence-corrected chi connectivity index (χ2v) is 6.55. The van der Waals surface area contributed by atoms with Gasteiger partial charge in [0.2, 0.25) is 0 Å². The molecule has 3 N–H and O–H groups in total. The van der Waals surface area contributed by atoms with Gasteiger partial charge in [0.25, 0.3) is 11.6 Å². The highest BCUT2D eigenvalue weighted by Gasteiger charge is 2.21. The number of amides is 1. The van der Waals surface area contributed by atoms with Crippen LogP contribution in [0.1, 0.15) is 68.6 Å². The lowest BCUT2D eigenvalue weighted by Gasteiger charge is -2.22. The predicted molar refractivity (Wildman–Crippen MR) is 100 cm³/mol. The molecule has 0 bridgehead atoms. The molecule has 1 aromatic rings. The lowest BCUT2D eigenvalue weighted by Crippen LogP contribution is -2.45. The molecular weight excluding hydrogens is 336 g/mol. The topological polar surface area (TPSA) is 113 Å². The highest BCUT2D eigenvalue weighted by molar-refractivity contribution is 5.95. The Balaban J connectivity index is 2.43. The summed E-state index contributed by atoms with van der Waals surface area (Å²) in [5, 5.41) is 33.0. The maximum atomic E-state index is 12.2. The minimum Gasteiger partial charge on any atom is -0.394 e. The zero-order chi connectivity index (χ0) is 19.4. The molecule has 2 atom stereocenters. The van der Waals surface area contributed by atoms with E-state index >= 15 is 0 Å². The van der Waals surface area contributed by atoms with Gasteiger partial charge >= 0.3 is 0 Å². The van der Waals surface area contributed by atoms with Gasteiger partial charge in [0, 0.05) is 17.7 Å². The van der Waals surface area contributed by atoms with Crippen molar-refractivity contribution in [3.05, 3.63) is 39.9 Å². The van der Waals surface area contributed by atoms with Crippen LogP contribution in [-0.2, 0) is 0 Å². The largest absolute Gasteiger partial charge is 0.394 e. The van der Waals surface area contributed by atoms with E-state index in [4.69, 9.17) is 0 Å². The molecule has 7 heteroatoms. The average molecular weight is 366 g/mol. The van der Waals surface area contributed by atoms with E-state index in [0.29, 0.717) is 6.42 Å². The van der Waals surface area contributed by atoms with Gasteiger partial charge in [-0.3, -0.25) is 14.9 Å². The van der Waals surface area contributed by atoms with E-state index in [1.165, 1.54) is 49.9 Å². The number of aliphatic hydroxyl groups excluding tert-OH is 2. The van der Waals surface area contributed by atoms with Crippen molar-refractivity contribution in [2.24, 2.45) is 0 Å². The molecule has 0 saturated carbocycles. The fourth-order valence-electron chi connectivity index (χ4n) is 2.79. The number of nitro benzene ring substituents is 1. The molecule has 0 aliphatic heterocycles. The first-order valence-corrected chi connectivity index (χ1v) is 9.33. The molecule has 0 spiro atoms. The molecule has 1 rings (SSSR count). The van der Waals surface area contributed by atoms with Crippen molar-refractivity contribution in [1.29, 1.82) is 0 Å². The molecule has 0 aliphatic rings. The third-order valence-corrected chi connectivity index (χ3v) is 4.40. The summed E-state index contributed by atoms with van der Waals surface area (Å²) in [6, 6.07) is 4.57. The first-order chi connectivity index (χ1) is 12.5. The standard InChI is InChI=1S/C19H30N2O5/c1-2-3-4-5-6-7-8-12-18(23)17(14-22)20-19(24)15-10-9-11-16(13-15)21(25)26/h9-11,13,17-18,22-23H,2-8,12,14H2,1H3,(H,20,24). The molecule has 0 heterocycles. The Morgan fingerprint density at radius 2 is 1.85 bits per heavy atom. The molecule has 0 radical (unpaired) electrons. The summed E-state index contributed by atoms with van der Waals surface area (Å²) in [6.45, 7) is 1.78. The van der Waals surface area contributed by atoms with E-state index in [2.05, 4.69) is 12.2 Å². The Hall–Kier alpha value is -1.99. The number of aliphatic hydroxyl groups is 2. The van der Waals surface area contributed by atoms with Crippen molar-refractivity contribution in [1.82, 2.24) is 5.32 Å². The van der Waals surface area contributed by atoms with Gasteiger partial charge in [-0.1, -0.05) is 57.9 Å². The van der Waals surface area contributed by atoms with Gasteiger partial charge in [-0.05, 0) is 12.5 Å². The second kappa shape index (κ2) is 12.4. The van der Waals surface area contributed by atoms with Crippen LogP contribution in [0.25, 0.3) is 0 Å². The summed E-state index contributed by atoms with van der Waals surface area (Å²) >= 11 is 0. The average Bonchev–Trinajstić information content (AvgIpc) is 2.65. The maximum absolute atomic E-state index is 12.2. The molecule has 146 valence electrons. The first kappa shape index (κ1) is 22.1. The number of non-ortho nitro benzene ring substituents is 1. The molecule has 7 nitrogen and oxygen atoms in total. The highest BCUT2D eigenvalue weighted by atomic mass is 16.6. The van der Waals surface area contributed by atoms with Crippen LogP contribution in [-0.4, -0.2) is 39.8 Å². The van der Waals surface area contributed by atoms with E-state index in [1.54, 1.807) is 0 Å². The number of nitro groups is 1. The molecule has 0 saturated heterocycles. The number of hydrogen-bond donors (Lipinski definition) is 3. The van der Waals surface area contributed by atoms with E-state index in [9.17, 15) is 25.1 Å². The Morgan fingerprint density at radius 3 is 2.46 bits per heavy atom. The summed E-state index contributed by atoms with van der Waals surface area (Å²) in [7, 11) is 0. The summed E-state index contributed by atoms with van der Waals surface area (Å²) < 4.78 is 0. The SMILES string of the molecule is CCCCCCCCCC(O)C(CO)NC(=O)c1cccc([N+](=O)[O-])c1. The summed E-state index contributed by atoms with van der Waals surface area (Å²) in [5.41, 5.74) is -0.0532. The van der Waals surface area contributed by atoms with Crippen molar-refractivity contribution in [3.63, 3.8) is 0 Å². The summed E-state index contributed by atoms with van der Waals surface area (Å²) in [4.78, 5) is 22.4. The van der Waals surface area contributed by atoms with Crippen LogP contribution in [0.4, 0.5) is 5.69 Å². The van der Waals surface area contributed by atoms with E-state index in [1.807, 2.05) is 0 Å². The van der Waals surface area contributed by atoms with Crippen LogP contribution in [0.3, 0.4) is 0 Å². The molecule has 0 fully saturated rings. The number of carbonyl (C=O) groups excluding carboxylic acids is 1. The van der Waals surface area contributed by atoms with Gasteiger partial charge in [0.1, 0.15) is 0 Å². The lowest BCUT2D eigenvalue weighted by molar-refractivity contribution is -0.384. The zero-order valence-corrected chi connectivity index (χ0v) is 15.4. The number of carbonyl (C=O) groups is 1. The van der Waals surface area contributed by atoms with Crippen molar-refractivity contribution >= 4 is 11.6 Å². The van der Waals surface area contributed by atoms with Crippen LogP contribution in [0, 0.1) is 10.1 Å². The minimum absolute atomic E-state index is 0.126. The van der Waals surface area contributed by atoms with Gasteiger partial charge in [-0.25, -0.2) is 0 Å². The quantitative estimate of drug-likeness (QED) is 0.282. The fourth-order valence-corrected chi connectivity index (χ4v) is 2.79. The number of nitrogens with one attached hydrogen (secondary N) is 1. The molecular formula is C19H30N2O5. The van der Waals surface area contributed by atoms with Gasteiger partial charge in [0.05, 0.1) is 23.7 Å². The monoisotopic (exact) mass is 366 g/mol. The third kappa shape index (κ3) is 7.93. The molecule has 0 aromatic heterocycles. The highest BCUT2D eigenvalue weighted by Crippen LogP contribution is 2.14. The first-order valence-electron chi connectivity index (χ1n) is 9.33. The van der Waals surface area contributed by atoms with Crippen molar-refractivity contribution in [3.8, 4) is 0 Å². The second-order valence-electron chi connectivity index (χ2n) is 6.55. The van der Waals surface area contributed by atoms with Gasteiger partial charge in [-0.15, -0.1) is 0 Å². The lowest BCUT2D eigenvalue weighted by atomic mass is 10.0. The molecule has 2 unspecified atom stereocenters. The Labute approximate surface area is 154 Å². The van der Waals surface area contributed by atoms with E-state index in [0.717, 1.165) is 19.3 Å². The summed E-state index contributed by atoms with van der Waals surface area (Å²) in [6.07, 6.45) is 7.49. The number of benzene rings is 1. The molecule has 1 amide bonds. The Morgan fingerprint density at radius 1 is 1.19 bits per heavy atom. The van der Waals surface area contributed by atoms with Crippen molar-refractivity contribution in [2.45, 2.75) is 70.4 Å². The van der Waals surface area contributed by atoms with Crippen molar-refractivity contribution < 1.29 is 19.9 Å². The van der Waals surface area contributed by atoms with E-state index < -0.39 is 29.6 Å². The maximum Gasteiger partial charge on any atom is 0.270 e. The molecule has 0 aliphatic carbocycles. The van der Waals surface area contributed by atoms with Crippen LogP contribution in [0.15, 0.2) is 24.3 Å². The van der Waals surface area contributed by atoms with Crippen LogP contribution >= 0.6 is 0 Å². The normalized spacial score (nSPS) is 13.2. The Kier molecular flexibility index (Phi) is 10.5. The number of nitrogens with zero attached hydrogens (tertiary/aromatic N) is 1. The summed E-state index contributed by atoms with van der Waals surface area (Å²) in [5.74, 6) is -0.550. The molecule has 26 heavy (non-hydrogen) atoms. The fraction of sp³-hybridized carbons (Fsp3) is 0.632. The van der Waals surface area contributed by atoms with Crippen LogP contribution < -0.4 is 5.32 Å². The third-order valence-electron chi connectivity index (χ3n) is 4.40. The number of unbranched alkanes of at least 4 members (excludes halogenated alkanes) is 6. The smallest absolute Gasteiger partial charge is 0.270 e. The predicted octanol–water partition coefficient (Wildman–Crippen LogP) is 3.19. The number of rotatable bonds is 13. The van der Waals surface area contributed by atoms with Gasteiger partial charge in [0.15, 0.2) is 0 Å². The minimum atomic E-state index is -0.849. The number of hydrogen-bond acceptors (Lipinski definition) is 5. The van der Waals surface area contributed by atoms with E-state index in [-0.39, 0.29) is 11.3 Å². The van der Waals surface area contributed by atoms with Gasteiger partial charge < -0.3 is 15.5 Å². The van der Waals surface area contributed by atoms with Crippen LogP contribution in [0.2, 0.25) is 0 Å². The Bertz CT molecular complexity index is 565. The molecule has 1 aromatic carbocycles. The van der Waals surface area contributed by atoms with Crippen LogP contribution in [0.5, 0.6) is 0 Å².